The highest BCUT2D eigenvalue weighted by molar-refractivity contribution is 7.90. The van der Waals surface area contributed by atoms with E-state index in [4.69, 9.17) is 4.74 Å². The molecule has 34 heavy (non-hydrogen) atoms. The number of carbonyl (C=O) groups is 1. The zero-order valence-corrected chi connectivity index (χ0v) is 19.6. The van der Waals surface area contributed by atoms with Crippen LogP contribution in [0, 0.1) is 0 Å². The normalized spacial score (nSPS) is 13.1. The molecule has 4 rings (SSSR count). The average Bonchev–Trinajstić information content (AvgIpc) is 3.32. The number of anilines is 2. The van der Waals surface area contributed by atoms with Gasteiger partial charge < -0.3 is 15.0 Å². The topological polar surface area (TPSA) is 100 Å². The van der Waals surface area contributed by atoms with Crippen LogP contribution < -0.4 is 19.7 Å². The molecule has 1 heterocycles. The van der Waals surface area contributed by atoms with Crippen molar-refractivity contribution in [2.24, 2.45) is 4.99 Å². The second-order valence-electron chi connectivity index (χ2n) is 7.85. The maximum atomic E-state index is 12.7. The minimum atomic E-state index is -3.76. The summed E-state index contributed by atoms with van der Waals surface area (Å²) in [6, 6.07) is 23.0. The van der Waals surface area contributed by atoms with E-state index in [-0.39, 0.29) is 17.3 Å². The Morgan fingerprint density at radius 3 is 2.56 bits per heavy atom. The Kier molecular flexibility index (Phi) is 7.12. The van der Waals surface area contributed by atoms with E-state index in [2.05, 4.69) is 15.0 Å². The molecule has 1 amide bonds. The van der Waals surface area contributed by atoms with E-state index in [1.807, 2.05) is 54.6 Å². The van der Waals surface area contributed by atoms with E-state index >= 15 is 0 Å². The Balaban J connectivity index is 1.42. The minimum absolute atomic E-state index is 0.0429. The first-order valence-corrected chi connectivity index (χ1v) is 12.4. The summed E-state index contributed by atoms with van der Waals surface area (Å²) < 4.78 is 33.8. The van der Waals surface area contributed by atoms with E-state index in [1.54, 1.807) is 24.1 Å². The number of hydrogen-bond donors (Lipinski definition) is 2. The first-order chi connectivity index (χ1) is 16.4. The predicted octanol–water partition coefficient (Wildman–Crippen LogP) is 4.02. The molecule has 8 nitrogen and oxygen atoms in total. The second-order valence-corrected chi connectivity index (χ2v) is 9.53. The summed E-state index contributed by atoms with van der Waals surface area (Å²) in [5.41, 5.74) is 1.14. The number of nitrogens with zero attached hydrogens (tertiary/aromatic N) is 2. The molecule has 0 spiro atoms. The van der Waals surface area contributed by atoms with Gasteiger partial charge in [-0.15, -0.1) is 0 Å². The lowest BCUT2D eigenvalue weighted by Gasteiger charge is -2.22. The molecule has 2 N–H and O–H groups in total. The zero-order valence-electron chi connectivity index (χ0n) is 18.8. The average molecular weight is 479 g/mol. The van der Waals surface area contributed by atoms with E-state index < -0.39 is 10.0 Å². The van der Waals surface area contributed by atoms with E-state index in [1.165, 1.54) is 12.1 Å². The van der Waals surface area contributed by atoms with Crippen molar-refractivity contribution in [2.45, 2.75) is 17.7 Å². The molecular formula is C25H26N4O4S. The van der Waals surface area contributed by atoms with Crippen LogP contribution in [0.5, 0.6) is 11.5 Å². The number of ether oxygens (including phenoxy) is 1. The zero-order chi connectivity index (χ0) is 24.0. The summed E-state index contributed by atoms with van der Waals surface area (Å²) in [5.74, 6) is 1.49. The maximum absolute atomic E-state index is 12.7. The Morgan fingerprint density at radius 1 is 1.03 bits per heavy atom. The number of rotatable bonds is 8. The summed E-state index contributed by atoms with van der Waals surface area (Å²) in [7, 11) is -1.97. The van der Waals surface area contributed by atoms with Crippen molar-refractivity contribution in [2.75, 3.05) is 30.4 Å². The Hall–Kier alpha value is -3.85. The molecule has 0 atom stereocenters. The number of sulfonamides is 1. The highest BCUT2D eigenvalue weighted by atomic mass is 32.2. The number of hydrogen-bond acceptors (Lipinski definition) is 6. The molecule has 1 aliphatic heterocycles. The fraction of sp³-hybridized carbons (Fsp3) is 0.200. The second kappa shape index (κ2) is 10.4. The van der Waals surface area contributed by atoms with Gasteiger partial charge in [0.15, 0.2) is 5.75 Å². The Morgan fingerprint density at radius 2 is 1.79 bits per heavy atom. The Bertz CT molecular complexity index is 1290. The van der Waals surface area contributed by atoms with Crippen molar-refractivity contribution in [1.29, 1.82) is 0 Å². The van der Waals surface area contributed by atoms with Gasteiger partial charge in [0.2, 0.25) is 5.91 Å². The Labute approximate surface area is 199 Å². The van der Waals surface area contributed by atoms with Crippen molar-refractivity contribution in [1.82, 2.24) is 4.72 Å². The first kappa shape index (κ1) is 23.3. The van der Waals surface area contributed by atoms with Crippen LogP contribution in [0.1, 0.15) is 12.8 Å². The number of carbonyl (C=O) groups excluding carboxylic acids is 1. The van der Waals surface area contributed by atoms with Crippen LogP contribution in [-0.4, -0.2) is 40.3 Å². The van der Waals surface area contributed by atoms with Crippen LogP contribution >= 0.6 is 0 Å². The fourth-order valence-electron chi connectivity index (χ4n) is 3.55. The van der Waals surface area contributed by atoms with Gasteiger partial charge in [0.25, 0.3) is 10.0 Å². The molecule has 0 bridgehead atoms. The van der Waals surface area contributed by atoms with Gasteiger partial charge in [-0.25, -0.2) is 8.42 Å². The SMILES string of the molecule is CN(CC(=O)Nc1cccc(S(=O)(=O)NC2=NCCC2)c1)c1ccccc1Oc1ccccc1. The molecule has 3 aromatic carbocycles. The summed E-state index contributed by atoms with van der Waals surface area (Å²) in [6.07, 6.45) is 1.44. The molecule has 176 valence electrons. The molecule has 0 aliphatic carbocycles. The molecule has 0 saturated carbocycles. The third kappa shape index (κ3) is 5.93. The smallest absolute Gasteiger partial charge is 0.262 e. The third-order valence-corrected chi connectivity index (χ3v) is 6.56. The van der Waals surface area contributed by atoms with Crippen molar-refractivity contribution in [3.05, 3.63) is 78.9 Å². The molecule has 9 heteroatoms. The van der Waals surface area contributed by atoms with Gasteiger partial charge in [-0.3, -0.25) is 14.5 Å². The number of aliphatic imine (C=N–C) groups is 1. The summed E-state index contributed by atoms with van der Waals surface area (Å²) >= 11 is 0. The van der Waals surface area contributed by atoms with E-state index in [0.29, 0.717) is 36.0 Å². The monoisotopic (exact) mass is 478 g/mol. The number of para-hydroxylation sites is 3. The van der Waals surface area contributed by atoms with Gasteiger partial charge in [0.1, 0.15) is 11.6 Å². The number of nitrogens with one attached hydrogen (secondary N) is 2. The summed E-state index contributed by atoms with van der Waals surface area (Å²) in [6.45, 7) is 0.669. The summed E-state index contributed by atoms with van der Waals surface area (Å²) in [4.78, 5) is 18.7. The molecule has 3 aromatic rings. The standard InChI is InChI=1S/C25H26N4O4S/c1-29(22-13-5-6-14-23(22)33-20-10-3-2-4-11-20)18-25(30)27-19-9-7-12-21(17-19)34(31,32)28-24-15-8-16-26-24/h2-7,9-14,17H,8,15-16,18H2,1H3,(H,26,28)(H,27,30). The van der Waals surface area contributed by atoms with Crippen LogP contribution in [0.25, 0.3) is 0 Å². The number of amides is 1. The van der Waals surface area contributed by atoms with Gasteiger partial charge in [-0.05, 0) is 48.9 Å². The van der Waals surface area contributed by atoms with Crippen molar-refractivity contribution in [3.8, 4) is 11.5 Å². The molecule has 0 aromatic heterocycles. The number of likely N-dealkylation sites (N-methyl/N-ethyl adjacent to an activating group) is 1. The lowest BCUT2D eigenvalue weighted by Crippen LogP contribution is -2.31. The lowest BCUT2D eigenvalue weighted by molar-refractivity contribution is -0.114. The minimum Gasteiger partial charge on any atom is -0.455 e. The van der Waals surface area contributed by atoms with Crippen LogP contribution in [0.3, 0.4) is 0 Å². The van der Waals surface area contributed by atoms with E-state index in [9.17, 15) is 13.2 Å². The molecule has 1 aliphatic rings. The largest absolute Gasteiger partial charge is 0.455 e. The molecule has 0 unspecified atom stereocenters. The van der Waals surface area contributed by atoms with Gasteiger partial charge in [-0.1, -0.05) is 36.4 Å². The highest BCUT2D eigenvalue weighted by Gasteiger charge is 2.19. The lowest BCUT2D eigenvalue weighted by atomic mass is 10.2. The molecular weight excluding hydrogens is 452 g/mol. The number of benzene rings is 3. The van der Waals surface area contributed by atoms with Crippen molar-refractivity contribution in [3.63, 3.8) is 0 Å². The first-order valence-electron chi connectivity index (χ1n) is 10.9. The fourth-order valence-corrected chi connectivity index (χ4v) is 4.69. The molecule has 0 fully saturated rings. The number of amidine groups is 1. The quantitative estimate of drug-likeness (QED) is 0.509. The van der Waals surface area contributed by atoms with Crippen LogP contribution in [0.4, 0.5) is 11.4 Å². The van der Waals surface area contributed by atoms with Crippen LogP contribution in [0.2, 0.25) is 0 Å². The van der Waals surface area contributed by atoms with E-state index in [0.717, 1.165) is 12.1 Å². The summed E-state index contributed by atoms with van der Waals surface area (Å²) in [5, 5.41) is 2.77. The highest BCUT2D eigenvalue weighted by Crippen LogP contribution is 2.31. The van der Waals surface area contributed by atoms with Crippen molar-refractivity contribution < 1.29 is 17.9 Å². The maximum Gasteiger partial charge on any atom is 0.262 e. The third-order valence-electron chi connectivity index (χ3n) is 5.18. The predicted molar refractivity (Wildman–Crippen MR) is 133 cm³/mol. The van der Waals surface area contributed by atoms with Crippen LogP contribution in [0.15, 0.2) is 88.8 Å². The molecule has 0 saturated heterocycles. The van der Waals surface area contributed by atoms with Gasteiger partial charge >= 0.3 is 0 Å². The van der Waals surface area contributed by atoms with Gasteiger partial charge in [-0.2, -0.15) is 0 Å². The van der Waals surface area contributed by atoms with Gasteiger partial charge in [0.05, 0.1) is 17.1 Å². The van der Waals surface area contributed by atoms with Crippen molar-refractivity contribution >= 4 is 33.1 Å². The molecule has 0 radical (unpaired) electrons. The van der Waals surface area contributed by atoms with Crippen LogP contribution in [-0.2, 0) is 14.8 Å². The van der Waals surface area contributed by atoms with Gasteiger partial charge in [0, 0.05) is 25.7 Å².